The number of benzene rings is 1. The van der Waals surface area contributed by atoms with Gasteiger partial charge in [0.2, 0.25) is 0 Å². The Morgan fingerprint density at radius 3 is 2.71 bits per heavy atom. The summed E-state index contributed by atoms with van der Waals surface area (Å²) >= 11 is 0. The minimum atomic E-state index is -1.40. The molecule has 1 aromatic heterocycles. The van der Waals surface area contributed by atoms with Crippen molar-refractivity contribution in [2.75, 3.05) is 0 Å². The third-order valence-corrected chi connectivity index (χ3v) is 2.73. The molecule has 0 spiro atoms. The maximum atomic E-state index is 13.0. The van der Waals surface area contributed by atoms with Crippen LogP contribution in [0.15, 0.2) is 23.0 Å². The summed E-state index contributed by atoms with van der Waals surface area (Å²) in [5.74, 6) is -1.62. The lowest BCUT2D eigenvalue weighted by molar-refractivity contribution is -0.145. The molecule has 1 heterocycles. The third-order valence-electron chi connectivity index (χ3n) is 2.73. The highest BCUT2D eigenvalue weighted by molar-refractivity contribution is 5.81. The Labute approximate surface area is 95.5 Å². The van der Waals surface area contributed by atoms with Gasteiger partial charge in [-0.3, -0.25) is 4.57 Å². The van der Waals surface area contributed by atoms with Gasteiger partial charge >= 0.3 is 11.7 Å². The fourth-order valence-electron chi connectivity index (χ4n) is 1.73. The van der Waals surface area contributed by atoms with Gasteiger partial charge in [-0.25, -0.2) is 14.0 Å². The molecular weight excluding hydrogens is 227 g/mol. The van der Waals surface area contributed by atoms with Gasteiger partial charge in [0.25, 0.3) is 0 Å². The number of hydrogen-bond acceptors (Lipinski definition) is 2. The van der Waals surface area contributed by atoms with Crippen molar-refractivity contribution in [3.8, 4) is 0 Å². The van der Waals surface area contributed by atoms with E-state index in [1.165, 1.54) is 26.0 Å². The van der Waals surface area contributed by atoms with Gasteiger partial charge in [-0.2, -0.15) is 0 Å². The van der Waals surface area contributed by atoms with E-state index < -0.39 is 23.0 Å². The van der Waals surface area contributed by atoms with Crippen LogP contribution in [0.1, 0.15) is 13.8 Å². The smallest absolute Gasteiger partial charge is 0.329 e. The Balaban J connectivity index is 2.83. The Morgan fingerprint density at radius 1 is 1.47 bits per heavy atom. The summed E-state index contributed by atoms with van der Waals surface area (Å²) in [5, 5.41) is 9.10. The molecule has 0 atom stereocenters. The number of hydrogen-bond donors (Lipinski definition) is 2. The first kappa shape index (κ1) is 11.4. The number of imidazole rings is 1. The van der Waals surface area contributed by atoms with Crippen LogP contribution in [0.25, 0.3) is 11.0 Å². The first-order chi connectivity index (χ1) is 7.84. The van der Waals surface area contributed by atoms with E-state index in [2.05, 4.69) is 4.98 Å². The first-order valence-corrected chi connectivity index (χ1v) is 4.98. The number of carbonyl (C=O) groups is 1. The maximum absolute atomic E-state index is 13.0. The number of aromatic amines is 1. The van der Waals surface area contributed by atoms with E-state index in [1.807, 2.05) is 0 Å². The SMILES string of the molecule is CC(C)(C(=O)O)n1c(=O)[nH]c2cc(F)ccc21. The van der Waals surface area contributed by atoms with E-state index in [0.29, 0.717) is 5.52 Å². The van der Waals surface area contributed by atoms with E-state index in [-0.39, 0.29) is 5.52 Å². The van der Waals surface area contributed by atoms with Crippen molar-refractivity contribution in [1.82, 2.24) is 9.55 Å². The third kappa shape index (κ3) is 1.61. The first-order valence-electron chi connectivity index (χ1n) is 4.98. The number of nitrogens with one attached hydrogen (secondary N) is 1. The standard InChI is InChI=1S/C11H11FN2O3/c1-11(2,9(15)16)14-8-4-3-6(12)5-7(8)13-10(14)17/h3-5H,1-2H3,(H,13,17)(H,15,16). The highest BCUT2D eigenvalue weighted by atomic mass is 19.1. The lowest BCUT2D eigenvalue weighted by atomic mass is 10.1. The number of aliphatic carboxylic acids is 1. The van der Waals surface area contributed by atoms with Crippen molar-refractivity contribution < 1.29 is 14.3 Å². The molecule has 0 saturated heterocycles. The van der Waals surface area contributed by atoms with E-state index >= 15 is 0 Å². The van der Waals surface area contributed by atoms with Crippen LogP contribution in [-0.2, 0) is 10.3 Å². The predicted octanol–water partition coefficient (Wildman–Crippen LogP) is 1.29. The number of fused-ring (bicyclic) bond motifs is 1. The summed E-state index contributed by atoms with van der Waals surface area (Å²) in [6.07, 6.45) is 0. The van der Waals surface area contributed by atoms with Crippen LogP contribution >= 0.6 is 0 Å². The molecule has 2 rings (SSSR count). The van der Waals surface area contributed by atoms with E-state index in [4.69, 9.17) is 5.11 Å². The molecule has 0 amide bonds. The summed E-state index contributed by atoms with van der Waals surface area (Å²) in [6, 6.07) is 3.72. The van der Waals surface area contributed by atoms with Gasteiger partial charge in [0.1, 0.15) is 11.4 Å². The number of nitrogens with zero attached hydrogens (tertiary/aromatic N) is 1. The van der Waals surface area contributed by atoms with Gasteiger partial charge in [-0.15, -0.1) is 0 Å². The van der Waals surface area contributed by atoms with Crippen LogP contribution in [0.3, 0.4) is 0 Å². The normalized spacial score (nSPS) is 11.9. The molecule has 5 nitrogen and oxygen atoms in total. The summed E-state index contributed by atoms with van der Waals surface area (Å²) in [4.78, 5) is 25.3. The fraction of sp³-hybridized carbons (Fsp3) is 0.273. The Bertz CT molecular complexity index is 654. The van der Waals surface area contributed by atoms with Crippen molar-refractivity contribution >= 4 is 17.0 Å². The van der Waals surface area contributed by atoms with Crippen molar-refractivity contribution in [1.29, 1.82) is 0 Å². The number of halogens is 1. The van der Waals surface area contributed by atoms with Gasteiger partial charge in [-0.1, -0.05) is 0 Å². The molecule has 0 fully saturated rings. The highest BCUT2D eigenvalue weighted by Gasteiger charge is 2.32. The molecule has 0 aliphatic rings. The largest absolute Gasteiger partial charge is 0.480 e. The second-order valence-corrected chi connectivity index (χ2v) is 4.29. The molecular formula is C11H11FN2O3. The average molecular weight is 238 g/mol. The second kappa shape index (κ2) is 3.44. The maximum Gasteiger partial charge on any atom is 0.329 e. The molecule has 0 bridgehead atoms. The van der Waals surface area contributed by atoms with Gasteiger partial charge in [-0.05, 0) is 32.0 Å². The molecule has 2 N–H and O–H groups in total. The monoisotopic (exact) mass is 238 g/mol. The topological polar surface area (TPSA) is 75.1 Å². The zero-order valence-corrected chi connectivity index (χ0v) is 9.32. The average Bonchev–Trinajstić information content (AvgIpc) is 2.53. The Morgan fingerprint density at radius 2 is 2.12 bits per heavy atom. The van der Waals surface area contributed by atoms with Gasteiger partial charge in [0.15, 0.2) is 0 Å². The predicted molar refractivity (Wildman–Crippen MR) is 59.5 cm³/mol. The number of H-pyrrole nitrogens is 1. The zero-order chi connectivity index (χ0) is 12.8. The number of carboxylic acid groups (broad SMARTS) is 1. The molecule has 0 radical (unpaired) electrons. The van der Waals surface area contributed by atoms with Crippen molar-refractivity contribution in [2.45, 2.75) is 19.4 Å². The molecule has 0 aliphatic carbocycles. The summed E-state index contributed by atoms with van der Waals surface area (Å²) in [5.41, 5.74) is -1.32. The van der Waals surface area contributed by atoms with Crippen LogP contribution in [0.2, 0.25) is 0 Å². The number of rotatable bonds is 2. The molecule has 17 heavy (non-hydrogen) atoms. The molecule has 0 unspecified atom stereocenters. The molecule has 6 heteroatoms. The summed E-state index contributed by atoms with van der Waals surface area (Å²) in [7, 11) is 0. The van der Waals surface area contributed by atoms with Crippen molar-refractivity contribution in [3.63, 3.8) is 0 Å². The molecule has 90 valence electrons. The fourth-order valence-corrected chi connectivity index (χ4v) is 1.73. The Kier molecular flexibility index (Phi) is 2.30. The van der Waals surface area contributed by atoms with Gasteiger partial charge in [0, 0.05) is 0 Å². The second-order valence-electron chi connectivity index (χ2n) is 4.29. The minimum Gasteiger partial charge on any atom is -0.480 e. The van der Waals surface area contributed by atoms with Crippen LogP contribution in [-0.4, -0.2) is 20.6 Å². The van der Waals surface area contributed by atoms with E-state index in [1.54, 1.807) is 0 Å². The summed E-state index contributed by atoms with van der Waals surface area (Å²) in [6.45, 7) is 2.82. The lowest BCUT2D eigenvalue weighted by Gasteiger charge is -2.20. The minimum absolute atomic E-state index is 0.282. The quantitative estimate of drug-likeness (QED) is 0.827. The van der Waals surface area contributed by atoms with Crippen molar-refractivity contribution in [2.24, 2.45) is 0 Å². The zero-order valence-electron chi connectivity index (χ0n) is 9.32. The van der Waals surface area contributed by atoms with Crippen LogP contribution < -0.4 is 5.69 Å². The molecule has 2 aromatic rings. The van der Waals surface area contributed by atoms with Crippen LogP contribution in [0.5, 0.6) is 0 Å². The highest BCUT2D eigenvalue weighted by Crippen LogP contribution is 2.20. The van der Waals surface area contributed by atoms with E-state index in [9.17, 15) is 14.0 Å². The molecule has 0 saturated carbocycles. The lowest BCUT2D eigenvalue weighted by Crippen LogP contribution is -2.41. The van der Waals surface area contributed by atoms with Gasteiger partial charge < -0.3 is 10.1 Å². The Hall–Kier alpha value is -2.11. The molecule has 1 aromatic carbocycles. The van der Waals surface area contributed by atoms with Gasteiger partial charge in [0.05, 0.1) is 11.0 Å². The van der Waals surface area contributed by atoms with Crippen LogP contribution in [0.4, 0.5) is 4.39 Å². The number of carboxylic acids is 1. The molecule has 0 aliphatic heterocycles. The van der Waals surface area contributed by atoms with Crippen molar-refractivity contribution in [3.05, 3.63) is 34.5 Å². The van der Waals surface area contributed by atoms with E-state index in [0.717, 1.165) is 10.6 Å². The summed E-state index contributed by atoms with van der Waals surface area (Å²) < 4.78 is 14.1. The number of aromatic nitrogens is 2. The van der Waals surface area contributed by atoms with Crippen LogP contribution in [0, 0.1) is 5.82 Å².